The highest BCUT2D eigenvalue weighted by Crippen LogP contribution is 2.30. The van der Waals surface area contributed by atoms with Crippen LogP contribution in [0.2, 0.25) is 0 Å². The van der Waals surface area contributed by atoms with E-state index in [0.717, 1.165) is 13.1 Å². The lowest BCUT2D eigenvalue weighted by Crippen LogP contribution is -2.47. The van der Waals surface area contributed by atoms with E-state index in [-0.39, 0.29) is 18.3 Å². The van der Waals surface area contributed by atoms with E-state index in [1.54, 1.807) is 11.3 Å². The monoisotopic (exact) mass is 268 g/mol. The molecule has 2 aromatic rings. The second-order valence-electron chi connectivity index (χ2n) is 3.88. The van der Waals surface area contributed by atoms with E-state index in [4.69, 9.17) is 0 Å². The summed E-state index contributed by atoms with van der Waals surface area (Å²) in [5, 5.41) is 6.19. The van der Waals surface area contributed by atoms with Crippen molar-refractivity contribution in [2.24, 2.45) is 0 Å². The Hall–Kier alpha value is -1.26. The summed E-state index contributed by atoms with van der Waals surface area (Å²) < 4.78 is 1.28. The van der Waals surface area contributed by atoms with Gasteiger partial charge < -0.3 is 10.2 Å². The van der Waals surface area contributed by atoms with Crippen molar-refractivity contribution in [1.82, 2.24) is 5.32 Å². The van der Waals surface area contributed by atoms with Crippen LogP contribution in [0.25, 0.3) is 10.1 Å². The molecule has 1 aliphatic heterocycles. The quantitative estimate of drug-likeness (QED) is 0.861. The maximum atomic E-state index is 11.4. The van der Waals surface area contributed by atoms with E-state index in [9.17, 15) is 4.79 Å². The lowest BCUT2D eigenvalue weighted by atomic mass is 10.2. The van der Waals surface area contributed by atoms with Crippen molar-refractivity contribution in [3.63, 3.8) is 0 Å². The van der Waals surface area contributed by atoms with Gasteiger partial charge in [-0.05, 0) is 23.6 Å². The molecule has 0 unspecified atom stereocenters. The summed E-state index contributed by atoms with van der Waals surface area (Å²) in [4.78, 5) is 13.5. The molecule has 0 spiro atoms. The standard InChI is InChI=1S/C12H12N2OS.ClH/c15-12-8-14(6-5-13-12)10-2-1-3-11-9(10)4-7-16-11;/h1-4,7H,5-6,8H2,(H,13,15);1H. The maximum Gasteiger partial charge on any atom is 0.239 e. The van der Waals surface area contributed by atoms with Gasteiger partial charge in [-0.1, -0.05) is 6.07 Å². The Labute approximate surface area is 110 Å². The van der Waals surface area contributed by atoms with Gasteiger partial charge in [0, 0.05) is 28.9 Å². The number of thiophene rings is 1. The number of nitrogens with zero attached hydrogens (tertiary/aromatic N) is 1. The first kappa shape index (κ1) is 12.2. The average Bonchev–Trinajstić information content (AvgIpc) is 2.76. The minimum atomic E-state index is 0. The predicted molar refractivity (Wildman–Crippen MR) is 74.3 cm³/mol. The van der Waals surface area contributed by atoms with E-state index < -0.39 is 0 Å². The van der Waals surface area contributed by atoms with Crippen LogP contribution in [-0.4, -0.2) is 25.5 Å². The third-order valence-corrected chi connectivity index (χ3v) is 3.73. The molecule has 2 heterocycles. The van der Waals surface area contributed by atoms with Crippen molar-refractivity contribution in [3.05, 3.63) is 29.6 Å². The SMILES string of the molecule is Cl.O=C1CN(c2cccc3sccc23)CCN1. The molecular formula is C12H13ClN2OS. The molecule has 1 aromatic carbocycles. The molecule has 3 rings (SSSR count). The first-order valence-corrected chi connectivity index (χ1v) is 6.20. The molecule has 1 amide bonds. The summed E-state index contributed by atoms with van der Waals surface area (Å²) in [6.07, 6.45) is 0. The Balaban J connectivity index is 0.00000108. The van der Waals surface area contributed by atoms with Crippen molar-refractivity contribution in [2.75, 3.05) is 24.5 Å². The second-order valence-corrected chi connectivity index (χ2v) is 4.83. The van der Waals surface area contributed by atoms with Gasteiger partial charge >= 0.3 is 0 Å². The molecule has 1 fully saturated rings. The third kappa shape index (κ3) is 2.23. The molecule has 90 valence electrons. The Morgan fingerprint density at radius 2 is 2.18 bits per heavy atom. The third-order valence-electron chi connectivity index (χ3n) is 2.85. The lowest BCUT2D eigenvalue weighted by molar-refractivity contribution is -0.120. The molecule has 0 aliphatic carbocycles. The van der Waals surface area contributed by atoms with Crippen LogP contribution in [-0.2, 0) is 4.79 Å². The Morgan fingerprint density at radius 3 is 3.00 bits per heavy atom. The Morgan fingerprint density at radius 1 is 1.29 bits per heavy atom. The molecule has 17 heavy (non-hydrogen) atoms. The fraction of sp³-hybridized carbons (Fsp3) is 0.250. The van der Waals surface area contributed by atoms with Crippen LogP contribution in [0.3, 0.4) is 0 Å². The number of hydrogen-bond donors (Lipinski definition) is 1. The maximum absolute atomic E-state index is 11.4. The van der Waals surface area contributed by atoms with Gasteiger partial charge in [-0.25, -0.2) is 0 Å². The van der Waals surface area contributed by atoms with Gasteiger partial charge in [-0.2, -0.15) is 0 Å². The van der Waals surface area contributed by atoms with Crippen LogP contribution in [0.5, 0.6) is 0 Å². The number of fused-ring (bicyclic) bond motifs is 1. The van der Waals surface area contributed by atoms with E-state index in [0.29, 0.717) is 6.54 Å². The number of rotatable bonds is 1. The summed E-state index contributed by atoms with van der Waals surface area (Å²) in [6.45, 7) is 2.09. The largest absolute Gasteiger partial charge is 0.360 e. The molecule has 3 nitrogen and oxygen atoms in total. The van der Waals surface area contributed by atoms with Gasteiger partial charge in [0.25, 0.3) is 0 Å². The van der Waals surface area contributed by atoms with Crippen LogP contribution >= 0.6 is 23.7 Å². The minimum Gasteiger partial charge on any atom is -0.360 e. The van der Waals surface area contributed by atoms with Crippen LogP contribution < -0.4 is 10.2 Å². The van der Waals surface area contributed by atoms with Crippen LogP contribution in [0.4, 0.5) is 5.69 Å². The number of hydrogen-bond acceptors (Lipinski definition) is 3. The number of halogens is 1. The van der Waals surface area contributed by atoms with Crippen molar-refractivity contribution >= 4 is 45.4 Å². The molecule has 0 atom stereocenters. The summed E-state index contributed by atoms with van der Waals surface area (Å²) in [5.74, 6) is 0.110. The van der Waals surface area contributed by atoms with Crippen molar-refractivity contribution in [2.45, 2.75) is 0 Å². The molecule has 0 radical (unpaired) electrons. The normalized spacial score (nSPS) is 15.5. The van der Waals surface area contributed by atoms with Gasteiger partial charge in [-0.15, -0.1) is 23.7 Å². The predicted octanol–water partition coefficient (Wildman–Crippen LogP) is 2.26. The van der Waals surface area contributed by atoms with E-state index in [1.807, 2.05) is 0 Å². The highest BCUT2D eigenvalue weighted by Gasteiger charge is 2.18. The highest BCUT2D eigenvalue weighted by atomic mass is 35.5. The molecule has 0 bridgehead atoms. The lowest BCUT2D eigenvalue weighted by Gasteiger charge is -2.29. The molecule has 5 heteroatoms. The van der Waals surface area contributed by atoms with Gasteiger partial charge in [-0.3, -0.25) is 4.79 Å². The number of piperazine rings is 1. The van der Waals surface area contributed by atoms with Crippen LogP contribution in [0.1, 0.15) is 0 Å². The zero-order valence-electron chi connectivity index (χ0n) is 9.18. The van der Waals surface area contributed by atoms with Gasteiger partial charge in [0.05, 0.1) is 6.54 Å². The molecule has 1 aliphatic rings. The number of carbonyl (C=O) groups excluding carboxylic acids is 1. The Bertz CT molecular complexity index is 540. The zero-order chi connectivity index (χ0) is 11.0. The highest BCUT2D eigenvalue weighted by molar-refractivity contribution is 7.17. The molecule has 1 saturated heterocycles. The summed E-state index contributed by atoms with van der Waals surface area (Å²) in [7, 11) is 0. The fourth-order valence-electron chi connectivity index (χ4n) is 2.10. The zero-order valence-corrected chi connectivity index (χ0v) is 10.8. The number of carbonyl (C=O) groups is 1. The fourth-order valence-corrected chi connectivity index (χ4v) is 2.91. The van der Waals surface area contributed by atoms with Crippen molar-refractivity contribution in [1.29, 1.82) is 0 Å². The molecule has 0 saturated carbocycles. The molecule has 1 N–H and O–H groups in total. The second kappa shape index (κ2) is 4.94. The van der Waals surface area contributed by atoms with E-state index in [2.05, 4.69) is 39.9 Å². The number of benzene rings is 1. The van der Waals surface area contributed by atoms with Gasteiger partial charge in [0.15, 0.2) is 0 Å². The average molecular weight is 269 g/mol. The smallest absolute Gasteiger partial charge is 0.239 e. The molecule has 1 aromatic heterocycles. The van der Waals surface area contributed by atoms with Crippen LogP contribution in [0, 0.1) is 0 Å². The minimum absolute atomic E-state index is 0. The number of nitrogens with one attached hydrogen (secondary N) is 1. The van der Waals surface area contributed by atoms with Crippen molar-refractivity contribution < 1.29 is 4.79 Å². The topological polar surface area (TPSA) is 32.3 Å². The first-order chi connectivity index (χ1) is 7.84. The Kier molecular flexibility index (Phi) is 3.54. The first-order valence-electron chi connectivity index (χ1n) is 5.32. The number of anilines is 1. The van der Waals surface area contributed by atoms with Gasteiger partial charge in [0.2, 0.25) is 5.91 Å². The molecular weight excluding hydrogens is 256 g/mol. The number of amides is 1. The summed E-state index contributed by atoms with van der Waals surface area (Å²) in [6, 6.07) is 8.39. The van der Waals surface area contributed by atoms with E-state index >= 15 is 0 Å². The van der Waals surface area contributed by atoms with Crippen molar-refractivity contribution in [3.8, 4) is 0 Å². The summed E-state index contributed by atoms with van der Waals surface area (Å²) in [5.41, 5.74) is 1.17. The van der Waals surface area contributed by atoms with E-state index in [1.165, 1.54) is 15.8 Å². The van der Waals surface area contributed by atoms with Crippen LogP contribution in [0.15, 0.2) is 29.6 Å². The summed E-state index contributed by atoms with van der Waals surface area (Å²) >= 11 is 1.74. The van der Waals surface area contributed by atoms with Gasteiger partial charge in [0.1, 0.15) is 0 Å².